The highest BCUT2D eigenvalue weighted by molar-refractivity contribution is 5.63. The number of methoxy groups -OCH3 is 1. The molecule has 3 N–H and O–H groups in total. The number of ether oxygens (including phenoxy) is 1. The van der Waals surface area contributed by atoms with Gasteiger partial charge in [0.05, 0.1) is 23.7 Å². The number of nitrogens with one attached hydrogen (secondary N) is 1. The van der Waals surface area contributed by atoms with Crippen LogP contribution in [-0.4, -0.2) is 65.3 Å². The van der Waals surface area contributed by atoms with Crippen LogP contribution in [0.1, 0.15) is 31.7 Å². The first-order chi connectivity index (χ1) is 15.6. The minimum Gasteiger partial charge on any atom is -0.497 e. The second kappa shape index (κ2) is 7.66. The highest BCUT2D eigenvalue weighted by Gasteiger charge is 2.54. The predicted octanol–water partition coefficient (Wildman–Crippen LogP) is 0.0666. The van der Waals surface area contributed by atoms with Crippen LogP contribution >= 0.6 is 0 Å². The van der Waals surface area contributed by atoms with E-state index < -0.39 is 58.6 Å². The molecular formula is C21H25F5N4O3. The van der Waals surface area contributed by atoms with Crippen molar-refractivity contribution < 1.29 is 26.7 Å². The van der Waals surface area contributed by atoms with Crippen molar-refractivity contribution in [2.24, 2.45) is 17.6 Å². The van der Waals surface area contributed by atoms with Gasteiger partial charge in [0.2, 0.25) is 0 Å². The number of nitrogens with zero attached hydrogens (tertiary/aromatic N) is 2. The van der Waals surface area contributed by atoms with Crippen molar-refractivity contribution in [3.63, 3.8) is 0 Å². The molecule has 0 spiro atoms. The van der Waals surface area contributed by atoms with Gasteiger partial charge in [0.15, 0.2) is 6.17 Å². The lowest BCUT2D eigenvalue weighted by atomic mass is 9.76. The van der Waals surface area contributed by atoms with Crippen molar-refractivity contribution >= 4 is 11.3 Å². The van der Waals surface area contributed by atoms with E-state index in [-0.39, 0.29) is 49.0 Å². The molecule has 2 heterocycles. The Balaban J connectivity index is 1.71. The topological polar surface area (TPSA) is 93.3 Å². The maximum Gasteiger partial charge on any atom is 0.329 e. The third kappa shape index (κ3) is 3.36. The van der Waals surface area contributed by atoms with Gasteiger partial charge in [-0.15, -0.1) is 0 Å². The lowest BCUT2D eigenvalue weighted by Crippen LogP contribution is -2.63. The number of hydrogen-bond acceptors (Lipinski definition) is 5. The number of rotatable bonds is 4. The molecule has 182 valence electrons. The van der Waals surface area contributed by atoms with Gasteiger partial charge < -0.3 is 10.5 Å². The summed E-state index contributed by atoms with van der Waals surface area (Å²) in [6, 6.07) is -3.13. The third-order valence-electron chi connectivity index (χ3n) is 7.59. The molecule has 3 fully saturated rings. The van der Waals surface area contributed by atoms with Gasteiger partial charge in [0.1, 0.15) is 11.8 Å². The second-order valence-electron chi connectivity index (χ2n) is 9.46. The van der Waals surface area contributed by atoms with Crippen LogP contribution in [0.25, 0.3) is 11.3 Å². The van der Waals surface area contributed by atoms with Crippen LogP contribution in [0.2, 0.25) is 0 Å². The van der Waals surface area contributed by atoms with Crippen molar-refractivity contribution in [3.8, 4) is 0 Å². The fourth-order valence-electron chi connectivity index (χ4n) is 5.85. The number of aromatic nitrogens is 2. The van der Waals surface area contributed by atoms with Crippen molar-refractivity contribution in [2.75, 3.05) is 20.2 Å². The Kier molecular flexibility index (Phi) is 5.24. The molecule has 2 saturated carbocycles. The number of halogens is 5. The van der Waals surface area contributed by atoms with E-state index in [0.29, 0.717) is 12.8 Å². The van der Waals surface area contributed by atoms with E-state index in [1.807, 2.05) is 4.98 Å². The zero-order valence-corrected chi connectivity index (χ0v) is 17.9. The molecule has 12 heteroatoms. The summed E-state index contributed by atoms with van der Waals surface area (Å²) in [5.41, 5.74) is 2.93. The molecule has 0 aromatic carbocycles. The van der Waals surface area contributed by atoms with Crippen LogP contribution in [-0.2, 0) is 4.74 Å². The Morgan fingerprint density at radius 2 is 1.88 bits per heavy atom. The summed E-state index contributed by atoms with van der Waals surface area (Å²) >= 11 is 0. The number of H-pyrrole nitrogens is 1. The molecule has 0 amide bonds. The Morgan fingerprint density at radius 3 is 2.48 bits per heavy atom. The van der Waals surface area contributed by atoms with Crippen molar-refractivity contribution in [1.29, 1.82) is 0 Å². The van der Waals surface area contributed by atoms with Crippen LogP contribution in [0.15, 0.2) is 9.59 Å². The quantitative estimate of drug-likeness (QED) is 0.600. The van der Waals surface area contributed by atoms with E-state index in [9.17, 15) is 27.2 Å². The Morgan fingerprint density at radius 1 is 1.18 bits per heavy atom. The van der Waals surface area contributed by atoms with Gasteiger partial charge in [-0.05, 0) is 31.1 Å². The molecule has 1 aromatic heterocycles. The van der Waals surface area contributed by atoms with Crippen molar-refractivity contribution in [3.05, 3.63) is 31.4 Å². The molecular weight excluding hydrogens is 451 g/mol. The largest absolute Gasteiger partial charge is 0.497 e. The maximum absolute atomic E-state index is 15.8. The molecule has 5 atom stereocenters. The summed E-state index contributed by atoms with van der Waals surface area (Å²) in [7, 11) is 1.22. The molecule has 0 radical (unpaired) electrons. The monoisotopic (exact) mass is 476 g/mol. The molecule has 0 bridgehead atoms. The standard InChI is InChI=1S/C21H25F5N4O3/c1-33-16-14-12(19(31)28-20(32)30(14)9-2-3-9)11(18(23)24)13(22)15(16)29-6-8-4-5-21(25,26)17(27)10(8)7-29/h8-10,13,15,17-18H,2-7,27H2,1H3,(H,28,31,32). The van der Waals surface area contributed by atoms with Crippen LogP contribution in [0, 0.1) is 11.8 Å². The van der Waals surface area contributed by atoms with E-state index in [2.05, 4.69) is 0 Å². The van der Waals surface area contributed by atoms with Gasteiger partial charge in [-0.1, -0.05) is 0 Å². The van der Waals surface area contributed by atoms with Gasteiger partial charge in [0.25, 0.3) is 17.9 Å². The van der Waals surface area contributed by atoms with Crippen LogP contribution in [0.4, 0.5) is 22.0 Å². The SMILES string of the molecule is COC1=c2c(c(=O)[nH]c(=O)n2C2CC2)=C(C(F)F)C(F)C1N1CC2CCC(F)(F)C(N)C2C1. The normalized spacial score (nSPS) is 33.9. The third-order valence-corrected chi connectivity index (χ3v) is 7.59. The van der Waals surface area contributed by atoms with Crippen molar-refractivity contribution in [2.45, 2.75) is 62.3 Å². The average molecular weight is 476 g/mol. The van der Waals surface area contributed by atoms with Gasteiger partial charge in [-0.2, -0.15) is 0 Å². The van der Waals surface area contributed by atoms with Crippen LogP contribution < -0.4 is 27.6 Å². The Hall–Kier alpha value is -2.21. The van der Waals surface area contributed by atoms with Gasteiger partial charge in [-0.25, -0.2) is 26.7 Å². The summed E-state index contributed by atoms with van der Waals surface area (Å²) < 4.78 is 79.1. The van der Waals surface area contributed by atoms with Gasteiger partial charge in [-0.3, -0.25) is 19.2 Å². The number of hydrogen-bond donors (Lipinski definition) is 2. The molecule has 1 aliphatic heterocycles. The van der Waals surface area contributed by atoms with Crippen LogP contribution in [0.5, 0.6) is 0 Å². The molecule has 5 rings (SSSR count). The first-order valence-corrected chi connectivity index (χ1v) is 11.0. The molecule has 1 saturated heterocycles. The van der Waals surface area contributed by atoms with Crippen molar-refractivity contribution in [1.82, 2.24) is 14.5 Å². The minimum atomic E-state index is -3.30. The first kappa shape index (κ1) is 22.6. The van der Waals surface area contributed by atoms with E-state index in [1.54, 1.807) is 0 Å². The molecule has 3 aliphatic carbocycles. The smallest absolute Gasteiger partial charge is 0.329 e. The maximum atomic E-state index is 15.8. The highest BCUT2D eigenvalue weighted by Crippen LogP contribution is 2.45. The first-order valence-electron chi connectivity index (χ1n) is 11.0. The summed E-state index contributed by atoms with van der Waals surface area (Å²) in [5.74, 6) is -4.05. The number of fused-ring (bicyclic) bond motifs is 2. The highest BCUT2D eigenvalue weighted by atomic mass is 19.3. The Bertz CT molecular complexity index is 1210. The van der Waals surface area contributed by atoms with Crippen LogP contribution in [0.3, 0.4) is 0 Å². The minimum absolute atomic E-state index is 0.0257. The summed E-state index contributed by atoms with van der Waals surface area (Å²) in [6.45, 7) is 0.150. The fourth-order valence-corrected chi connectivity index (χ4v) is 5.85. The molecule has 33 heavy (non-hydrogen) atoms. The van der Waals surface area contributed by atoms with Gasteiger partial charge in [0, 0.05) is 31.1 Å². The summed E-state index contributed by atoms with van der Waals surface area (Å²) in [4.78, 5) is 28.7. The zero-order chi connectivity index (χ0) is 23.8. The fraction of sp³-hybridized carbons (Fsp3) is 0.714. The number of aromatic amines is 1. The number of likely N-dealkylation sites (tertiary alicyclic amines) is 1. The Labute approximate surface area is 184 Å². The average Bonchev–Trinajstić information content (AvgIpc) is 3.48. The van der Waals surface area contributed by atoms with Gasteiger partial charge >= 0.3 is 5.69 Å². The molecule has 7 nitrogen and oxygen atoms in total. The lowest BCUT2D eigenvalue weighted by molar-refractivity contribution is -0.0796. The van der Waals surface area contributed by atoms with E-state index in [0.717, 1.165) is 0 Å². The van der Waals surface area contributed by atoms with E-state index in [1.165, 1.54) is 16.6 Å². The zero-order valence-electron chi connectivity index (χ0n) is 17.9. The van der Waals surface area contributed by atoms with E-state index >= 15 is 4.39 Å². The van der Waals surface area contributed by atoms with E-state index in [4.69, 9.17) is 10.5 Å². The molecule has 5 unspecified atom stereocenters. The number of nitrogens with two attached hydrogens (primary N) is 1. The second-order valence-corrected chi connectivity index (χ2v) is 9.46. The molecule has 4 aliphatic rings. The summed E-state index contributed by atoms with van der Waals surface area (Å²) in [5, 5.41) is -0.732. The predicted molar refractivity (Wildman–Crippen MR) is 108 cm³/mol. The lowest BCUT2D eigenvalue weighted by Gasteiger charge is -2.37. The number of alkyl halides is 5. The summed E-state index contributed by atoms with van der Waals surface area (Å²) in [6.07, 6.45) is -4.64. The molecule has 1 aromatic rings.